The van der Waals surface area contributed by atoms with Crippen LogP contribution in [0, 0.1) is 5.92 Å². The molecule has 0 bridgehead atoms. The molecule has 0 spiro atoms. The molecule has 30 heavy (non-hydrogen) atoms. The Morgan fingerprint density at radius 1 is 1.27 bits per heavy atom. The first-order chi connectivity index (χ1) is 14.5. The van der Waals surface area contributed by atoms with Crippen LogP contribution in [-0.2, 0) is 20.7 Å². The van der Waals surface area contributed by atoms with Gasteiger partial charge in [0.15, 0.2) is 0 Å². The third-order valence-corrected chi connectivity index (χ3v) is 6.49. The number of piperidine rings is 1. The number of hydrogen-bond donors (Lipinski definition) is 1. The van der Waals surface area contributed by atoms with Gasteiger partial charge in [0.2, 0.25) is 5.91 Å². The Labute approximate surface area is 177 Å². The van der Waals surface area contributed by atoms with Crippen molar-refractivity contribution in [2.45, 2.75) is 44.6 Å². The summed E-state index contributed by atoms with van der Waals surface area (Å²) >= 11 is 0. The van der Waals surface area contributed by atoms with E-state index in [4.69, 9.17) is 4.74 Å². The van der Waals surface area contributed by atoms with Gasteiger partial charge in [-0.1, -0.05) is 18.2 Å². The summed E-state index contributed by atoms with van der Waals surface area (Å²) in [6, 6.07) is 9.79. The second-order valence-electron chi connectivity index (χ2n) is 8.53. The van der Waals surface area contributed by atoms with E-state index in [1.165, 1.54) is 0 Å². The molecule has 2 aliphatic heterocycles. The molecule has 3 heterocycles. The maximum Gasteiger partial charge on any atom is 0.253 e. The van der Waals surface area contributed by atoms with E-state index in [0.29, 0.717) is 18.9 Å². The van der Waals surface area contributed by atoms with Gasteiger partial charge in [-0.2, -0.15) is 5.10 Å². The molecule has 7 nitrogen and oxygen atoms in total. The van der Waals surface area contributed by atoms with Crippen molar-refractivity contribution in [3.05, 3.63) is 48.3 Å². The molecule has 1 unspecified atom stereocenters. The van der Waals surface area contributed by atoms with E-state index in [-0.39, 0.29) is 24.0 Å². The number of ether oxygens (including phenoxy) is 1. The van der Waals surface area contributed by atoms with Gasteiger partial charge >= 0.3 is 0 Å². The Balaban J connectivity index is 1.29. The van der Waals surface area contributed by atoms with Gasteiger partial charge in [-0.3, -0.25) is 14.7 Å². The number of aryl methyl sites for hydroxylation is 1. The van der Waals surface area contributed by atoms with Crippen LogP contribution in [0.25, 0.3) is 0 Å². The molecule has 2 aliphatic rings. The number of benzene rings is 1. The van der Waals surface area contributed by atoms with Crippen LogP contribution in [0.15, 0.2) is 42.7 Å². The fourth-order valence-electron chi connectivity index (χ4n) is 4.60. The maximum atomic E-state index is 12.6. The molecule has 4 rings (SSSR count). The van der Waals surface area contributed by atoms with Gasteiger partial charge in [0.05, 0.1) is 18.3 Å². The zero-order valence-electron chi connectivity index (χ0n) is 17.5. The molecule has 160 valence electrons. The Bertz CT molecular complexity index is 847. The number of nitrogens with zero attached hydrogens (tertiary/aromatic N) is 3. The molecule has 2 aromatic rings. The lowest BCUT2D eigenvalue weighted by molar-refractivity contribution is -0.148. The predicted molar refractivity (Wildman–Crippen MR) is 114 cm³/mol. The molecule has 0 saturated carbocycles. The summed E-state index contributed by atoms with van der Waals surface area (Å²) in [6.45, 7) is 4.29. The number of carbonyl (C=O) groups is 2. The Morgan fingerprint density at radius 3 is 2.73 bits per heavy atom. The van der Waals surface area contributed by atoms with Gasteiger partial charge in [0.1, 0.15) is 6.61 Å². The summed E-state index contributed by atoms with van der Waals surface area (Å²) in [5.41, 5.74) is 1.67. The number of aromatic amines is 1. The van der Waals surface area contributed by atoms with Gasteiger partial charge in [-0.25, -0.2) is 0 Å². The molecular formula is C23H30N4O3. The van der Waals surface area contributed by atoms with Gasteiger partial charge in [-0.05, 0) is 56.2 Å². The van der Waals surface area contributed by atoms with Crippen molar-refractivity contribution >= 4 is 17.5 Å². The number of rotatable bonds is 6. The van der Waals surface area contributed by atoms with Crippen molar-refractivity contribution in [2.75, 3.05) is 31.1 Å². The van der Waals surface area contributed by atoms with Crippen molar-refractivity contribution < 1.29 is 14.3 Å². The summed E-state index contributed by atoms with van der Waals surface area (Å²) in [6.07, 6.45) is 7.78. The second-order valence-corrected chi connectivity index (χ2v) is 8.53. The highest BCUT2D eigenvalue weighted by molar-refractivity contribution is 5.95. The standard InChI is InChI=1S/C23H30N4O3/c1-23(17-27(22(29)16-30-23)20-7-3-2-4-8-20)19-10-12-26(13-11-19)21(28)9-5-6-18-14-24-25-15-18/h2-4,7-8,14-15,19H,5-6,9-13,16-17H2,1H3,(H,24,25). The van der Waals surface area contributed by atoms with Crippen molar-refractivity contribution in [3.63, 3.8) is 0 Å². The summed E-state index contributed by atoms with van der Waals surface area (Å²) in [4.78, 5) is 28.9. The van der Waals surface area contributed by atoms with E-state index in [1.54, 1.807) is 0 Å². The lowest BCUT2D eigenvalue weighted by atomic mass is 9.80. The van der Waals surface area contributed by atoms with E-state index in [9.17, 15) is 9.59 Å². The maximum absolute atomic E-state index is 12.6. The first-order valence-electron chi connectivity index (χ1n) is 10.8. The minimum atomic E-state index is -0.389. The Kier molecular flexibility index (Phi) is 6.18. The van der Waals surface area contributed by atoms with Crippen molar-refractivity contribution in [3.8, 4) is 0 Å². The number of anilines is 1. The second kappa shape index (κ2) is 9.00. The zero-order valence-corrected chi connectivity index (χ0v) is 17.5. The molecule has 2 saturated heterocycles. The molecule has 2 fully saturated rings. The lowest BCUT2D eigenvalue weighted by Gasteiger charge is -2.47. The normalized spacial score (nSPS) is 23.0. The number of aromatic nitrogens is 2. The van der Waals surface area contributed by atoms with Crippen molar-refractivity contribution in [1.82, 2.24) is 15.1 Å². The zero-order chi connectivity index (χ0) is 21.0. The first-order valence-corrected chi connectivity index (χ1v) is 10.8. The van der Waals surface area contributed by atoms with E-state index < -0.39 is 0 Å². The van der Waals surface area contributed by atoms with Crippen LogP contribution in [0.2, 0.25) is 0 Å². The van der Waals surface area contributed by atoms with Gasteiger partial charge < -0.3 is 14.5 Å². The molecule has 2 amide bonds. The molecule has 1 atom stereocenters. The predicted octanol–water partition coefficient (Wildman–Crippen LogP) is 2.79. The van der Waals surface area contributed by atoms with E-state index >= 15 is 0 Å². The van der Waals surface area contributed by atoms with Gasteiger partial charge in [-0.15, -0.1) is 0 Å². The van der Waals surface area contributed by atoms with E-state index in [1.807, 2.05) is 52.5 Å². The van der Waals surface area contributed by atoms with Gasteiger partial charge in [0.25, 0.3) is 5.91 Å². The molecule has 1 aromatic carbocycles. The highest BCUT2D eigenvalue weighted by Gasteiger charge is 2.44. The number of morpholine rings is 1. The third-order valence-electron chi connectivity index (χ3n) is 6.49. The van der Waals surface area contributed by atoms with Crippen LogP contribution in [0.5, 0.6) is 0 Å². The smallest absolute Gasteiger partial charge is 0.253 e. The number of hydrogen-bond acceptors (Lipinski definition) is 4. The number of amides is 2. The highest BCUT2D eigenvalue weighted by atomic mass is 16.5. The van der Waals surface area contributed by atoms with Crippen molar-refractivity contribution in [1.29, 1.82) is 0 Å². The van der Waals surface area contributed by atoms with Crippen molar-refractivity contribution in [2.24, 2.45) is 5.92 Å². The lowest BCUT2D eigenvalue weighted by Crippen LogP contribution is -2.58. The highest BCUT2D eigenvalue weighted by Crippen LogP contribution is 2.35. The van der Waals surface area contributed by atoms with Gasteiger partial charge in [0, 0.05) is 31.4 Å². The number of likely N-dealkylation sites (tertiary alicyclic amines) is 1. The van der Waals surface area contributed by atoms with Crippen LogP contribution in [0.1, 0.15) is 38.2 Å². The third kappa shape index (κ3) is 4.56. The summed E-state index contributed by atoms with van der Waals surface area (Å²) in [5, 5.41) is 6.75. The summed E-state index contributed by atoms with van der Waals surface area (Å²) < 4.78 is 6.07. The topological polar surface area (TPSA) is 78.5 Å². The summed E-state index contributed by atoms with van der Waals surface area (Å²) in [7, 11) is 0. The quantitative estimate of drug-likeness (QED) is 0.794. The average molecular weight is 411 g/mol. The molecule has 1 aromatic heterocycles. The number of para-hydroxylation sites is 1. The first kappa shape index (κ1) is 20.6. The van der Waals surface area contributed by atoms with E-state index in [0.717, 1.165) is 50.0 Å². The minimum absolute atomic E-state index is 0.00362. The Hall–Kier alpha value is -2.67. The summed E-state index contributed by atoms with van der Waals surface area (Å²) in [5.74, 6) is 0.559. The SMILES string of the molecule is CC1(C2CCN(C(=O)CCCc3cn[nH]c3)CC2)CN(c2ccccc2)C(=O)CO1. The fourth-order valence-corrected chi connectivity index (χ4v) is 4.60. The molecule has 0 radical (unpaired) electrons. The van der Waals surface area contributed by atoms with Crippen LogP contribution < -0.4 is 4.90 Å². The molecular weight excluding hydrogens is 380 g/mol. The van der Waals surface area contributed by atoms with Crippen LogP contribution in [0.3, 0.4) is 0 Å². The van der Waals surface area contributed by atoms with Crippen LogP contribution in [-0.4, -0.2) is 58.8 Å². The molecule has 1 N–H and O–H groups in total. The average Bonchev–Trinajstić information content (AvgIpc) is 3.30. The van der Waals surface area contributed by atoms with Crippen LogP contribution in [0.4, 0.5) is 5.69 Å². The Morgan fingerprint density at radius 2 is 2.03 bits per heavy atom. The monoisotopic (exact) mass is 410 g/mol. The number of H-pyrrole nitrogens is 1. The largest absolute Gasteiger partial charge is 0.363 e. The number of nitrogens with one attached hydrogen (secondary N) is 1. The number of carbonyl (C=O) groups excluding carboxylic acids is 2. The minimum Gasteiger partial charge on any atom is -0.363 e. The van der Waals surface area contributed by atoms with E-state index in [2.05, 4.69) is 17.1 Å². The van der Waals surface area contributed by atoms with Crippen LogP contribution >= 0.6 is 0 Å². The molecule has 0 aliphatic carbocycles. The molecule has 7 heteroatoms. The fraction of sp³-hybridized carbons (Fsp3) is 0.522.